The van der Waals surface area contributed by atoms with E-state index in [0.29, 0.717) is 12.2 Å². The number of aryl methyl sites for hydroxylation is 1. The minimum absolute atomic E-state index is 0.0624. The lowest BCUT2D eigenvalue weighted by atomic mass is 10.1. The summed E-state index contributed by atoms with van der Waals surface area (Å²) in [5, 5.41) is 2.65. The molecular formula is C14H23N3O3S. The van der Waals surface area contributed by atoms with Gasteiger partial charge < -0.3 is 11.1 Å². The Labute approximate surface area is 126 Å². The Hall–Kier alpha value is -1.60. The molecule has 1 aromatic carbocycles. The standard InChI is InChI=1S/C14H23N3O3S/c1-4-8-16-14(18)10(3)17-21(19,20)12-7-6-11(5-2)13(15)9-12/h6-7,9-10,17H,4-5,8,15H2,1-3H3,(H,16,18). The van der Waals surface area contributed by atoms with Crippen LogP contribution in [0.5, 0.6) is 0 Å². The summed E-state index contributed by atoms with van der Waals surface area (Å²) in [7, 11) is -3.77. The Morgan fingerprint density at radius 1 is 1.33 bits per heavy atom. The molecule has 0 bridgehead atoms. The van der Waals surface area contributed by atoms with Crippen molar-refractivity contribution >= 4 is 21.6 Å². The maximum atomic E-state index is 12.2. The molecule has 4 N–H and O–H groups in total. The zero-order valence-corrected chi connectivity index (χ0v) is 13.5. The van der Waals surface area contributed by atoms with E-state index in [2.05, 4.69) is 10.0 Å². The van der Waals surface area contributed by atoms with E-state index in [4.69, 9.17) is 5.73 Å². The molecule has 7 heteroatoms. The van der Waals surface area contributed by atoms with Crippen LogP contribution in [0.25, 0.3) is 0 Å². The van der Waals surface area contributed by atoms with Gasteiger partial charge in [0.05, 0.1) is 10.9 Å². The molecule has 0 heterocycles. The van der Waals surface area contributed by atoms with Crippen LogP contribution in [0.2, 0.25) is 0 Å². The molecule has 0 aliphatic heterocycles. The van der Waals surface area contributed by atoms with Gasteiger partial charge in [-0.1, -0.05) is 19.9 Å². The monoisotopic (exact) mass is 313 g/mol. The summed E-state index contributed by atoms with van der Waals surface area (Å²) in [4.78, 5) is 11.8. The van der Waals surface area contributed by atoms with Crippen LogP contribution in [0, 0.1) is 0 Å². The number of anilines is 1. The van der Waals surface area contributed by atoms with Crippen molar-refractivity contribution in [2.75, 3.05) is 12.3 Å². The van der Waals surface area contributed by atoms with Gasteiger partial charge in [-0.15, -0.1) is 0 Å². The maximum Gasteiger partial charge on any atom is 0.241 e. The van der Waals surface area contributed by atoms with Gasteiger partial charge >= 0.3 is 0 Å². The number of hydrogen-bond donors (Lipinski definition) is 3. The van der Waals surface area contributed by atoms with Crippen LogP contribution in [-0.4, -0.2) is 26.9 Å². The molecule has 1 aromatic rings. The van der Waals surface area contributed by atoms with Gasteiger partial charge in [0.1, 0.15) is 0 Å². The molecule has 118 valence electrons. The second kappa shape index (κ2) is 7.42. The number of nitrogen functional groups attached to an aromatic ring is 1. The average Bonchev–Trinajstić information content (AvgIpc) is 2.44. The van der Waals surface area contributed by atoms with Crippen molar-refractivity contribution in [2.24, 2.45) is 0 Å². The second-order valence-corrected chi connectivity index (χ2v) is 6.56. The van der Waals surface area contributed by atoms with E-state index in [1.165, 1.54) is 19.1 Å². The smallest absolute Gasteiger partial charge is 0.241 e. The van der Waals surface area contributed by atoms with Crippen LogP contribution in [0.15, 0.2) is 23.1 Å². The Bertz CT molecular complexity index is 599. The van der Waals surface area contributed by atoms with E-state index >= 15 is 0 Å². The first kappa shape index (κ1) is 17.5. The first-order chi connectivity index (χ1) is 9.81. The van der Waals surface area contributed by atoms with Crippen LogP contribution in [0.4, 0.5) is 5.69 Å². The van der Waals surface area contributed by atoms with Crippen LogP contribution < -0.4 is 15.8 Å². The zero-order chi connectivity index (χ0) is 16.0. The highest BCUT2D eigenvalue weighted by Crippen LogP contribution is 2.18. The predicted octanol–water partition coefficient (Wildman–Crippen LogP) is 1.02. The molecule has 0 saturated carbocycles. The summed E-state index contributed by atoms with van der Waals surface area (Å²) >= 11 is 0. The van der Waals surface area contributed by atoms with Gasteiger partial charge in [0, 0.05) is 12.2 Å². The van der Waals surface area contributed by atoms with Gasteiger partial charge in [-0.25, -0.2) is 8.42 Å². The average molecular weight is 313 g/mol. The van der Waals surface area contributed by atoms with Gasteiger partial charge in [-0.05, 0) is 37.5 Å². The summed E-state index contributed by atoms with van der Waals surface area (Å²) < 4.78 is 26.8. The Morgan fingerprint density at radius 2 is 2.00 bits per heavy atom. The molecule has 0 aliphatic rings. The second-order valence-electron chi connectivity index (χ2n) is 4.85. The topological polar surface area (TPSA) is 101 Å². The Morgan fingerprint density at radius 3 is 2.52 bits per heavy atom. The van der Waals surface area contributed by atoms with E-state index in [1.54, 1.807) is 6.07 Å². The number of hydrogen-bond acceptors (Lipinski definition) is 4. The number of sulfonamides is 1. The quantitative estimate of drug-likeness (QED) is 0.654. The van der Waals surface area contributed by atoms with Crippen molar-refractivity contribution in [3.63, 3.8) is 0 Å². The van der Waals surface area contributed by atoms with Crippen LogP contribution in [0.3, 0.4) is 0 Å². The van der Waals surface area contributed by atoms with Gasteiger partial charge in [0.2, 0.25) is 15.9 Å². The van der Waals surface area contributed by atoms with Crippen molar-refractivity contribution in [2.45, 2.75) is 44.6 Å². The number of nitrogens with one attached hydrogen (secondary N) is 2. The molecular weight excluding hydrogens is 290 g/mol. The number of nitrogens with two attached hydrogens (primary N) is 1. The van der Waals surface area contributed by atoms with E-state index in [0.717, 1.165) is 18.4 Å². The third kappa shape index (κ3) is 4.71. The van der Waals surface area contributed by atoms with Crippen LogP contribution >= 0.6 is 0 Å². The fraction of sp³-hybridized carbons (Fsp3) is 0.500. The molecule has 0 saturated heterocycles. The molecule has 1 atom stereocenters. The summed E-state index contributed by atoms with van der Waals surface area (Å²) in [5.74, 6) is -0.349. The van der Waals surface area contributed by atoms with E-state index in [1.807, 2.05) is 13.8 Å². The molecule has 21 heavy (non-hydrogen) atoms. The van der Waals surface area contributed by atoms with Gasteiger partial charge in [0.25, 0.3) is 0 Å². The van der Waals surface area contributed by atoms with E-state index in [-0.39, 0.29) is 10.8 Å². The fourth-order valence-electron chi connectivity index (χ4n) is 1.82. The Balaban J connectivity index is 2.86. The highest BCUT2D eigenvalue weighted by molar-refractivity contribution is 7.89. The van der Waals surface area contributed by atoms with Crippen molar-refractivity contribution in [1.29, 1.82) is 0 Å². The first-order valence-corrected chi connectivity index (χ1v) is 8.48. The summed E-state index contributed by atoms with van der Waals surface area (Å²) in [6, 6.07) is 3.76. The molecule has 1 unspecified atom stereocenters. The van der Waals surface area contributed by atoms with Crippen molar-refractivity contribution in [3.8, 4) is 0 Å². The number of benzene rings is 1. The van der Waals surface area contributed by atoms with Crippen LogP contribution in [0.1, 0.15) is 32.8 Å². The minimum Gasteiger partial charge on any atom is -0.398 e. The molecule has 0 radical (unpaired) electrons. The van der Waals surface area contributed by atoms with Crippen molar-refractivity contribution in [1.82, 2.24) is 10.0 Å². The molecule has 0 aromatic heterocycles. The van der Waals surface area contributed by atoms with Gasteiger partial charge in [0.15, 0.2) is 0 Å². The lowest BCUT2D eigenvalue weighted by Gasteiger charge is -2.15. The third-order valence-corrected chi connectivity index (χ3v) is 4.62. The zero-order valence-electron chi connectivity index (χ0n) is 12.6. The Kier molecular flexibility index (Phi) is 6.17. The first-order valence-electron chi connectivity index (χ1n) is 7.00. The van der Waals surface area contributed by atoms with E-state index in [9.17, 15) is 13.2 Å². The maximum absolute atomic E-state index is 12.2. The third-order valence-electron chi connectivity index (χ3n) is 3.08. The lowest BCUT2D eigenvalue weighted by molar-refractivity contribution is -0.122. The van der Waals surface area contributed by atoms with Gasteiger partial charge in [-0.2, -0.15) is 4.72 Å². The minimum atomic E-state index is -3.77. The highest BCUT2D eigenvalue weighted by Gasteiger charge is 2.22. The molecule has 1 amide bonds. The molecule has 0 fully saturated rings. The summed E-state index contributed by atoms with van der Waals surface area (Å²) in [6.45, 7) is 5.89. The number of amides is 1. The number of carbonyl (C=O) groups excluding carboxylic acids is 1. The van der Waals surface area contributed by atoms with Crippen molar-refractivity contribution < 1.29 is 13.2 Å². The summed E-state index contributed by atoms with van der Waals surface area (Å²) in [5.41, 5.74) is 7.14. The molecule has 0 spiro atoms. The molecule has 1 rings (SSSR count). The molecule has 6 nitrogen and oxygen atoms in total. The number of rotatable bonds is 7. The largest absolute Gasteiger partial charge is 0.398 e. The lowest BCUT2D eigenvalue weighted by Crippen LogP contribution is -2.44. The van der Waals surface area contributed by atoms with Crippen LogP contribution in [-0.2, 0) is 21.2 Å². The normalized spacial score (nSPS) is 12.9. The fourth-order valence-corrected chi connectivity index (χ4v) is 3.06. The predicted molar refractivity (Wildman–Crippen MR) is 83.3 cm³/mol. The SMILES string of the molecule is CCCNC(=O)C(C)NS(=O)(=O)c1ccc(CC)c(N)c1. The van der Waals surface area contributed by atoms with Gasteiger partial charge in [-0.3, -0.25) is 4.79 Å². The highest BCUT2D eigenvalue weighted by atomic mass is 32.2. The summed E-state index contributed by atoms with van der Waals surface area (Å²) in [6.07, 6.45) is 1.52. The number of carbonyl (C=O) groups is 1. The van der Waals surface area contributed by atoms with Crippen molar-refractivity contribution in [3.05, 3.63) is 23.8 Å². The molecule has 0 aliphatic carbocycles. The van der Waals surface area contributed by atoms with E-state index < -0.39 is 16.1 Å².